The van der Waals surface area contributed by atoms with Crippen molar-refractivity contribution in [3.63, 3.8) is 0 Å². The summed E-state index contributed by atoms with van der Waals surface area (Å²) >= 11 is 0. The lowest BCUT2D eigenvalue weighted by Crippen LogP contribution is -2.21. The summed E-state index contributed by atoms with van der Waals surface area (Å²) in [5.41, 5.74) is 0.963. The molecule has 0 heterocycles. The van der Waals surface area contributed by atoms with Crippen LogP contribution in [0, 0.1) is 13.8 Å². The van der Waals surface area contributed by atoms with Crippen molar-refractivity contribution in [2.45, 2.75) is 25.1 Å². The summed E-state index contributed by atoms with van der Waals surface area (Å²) in [7, 11) is -4.41. The Morgan fingerprint density at radius 3 is 2.38 bits per heavy atom. The first-order chi connectivity index (χ1) is 11.0. The van der Waals surface area contributed by atoms with Crippen molar-refractivity contribution in [1.82, 2.24) is 0 Å². The average Bonchev–Trinajstić information content (AvgIpc) is 2.42. The number of halogens is 3. The maximum Gasteiger partial charge on any atom is 0.573 e. The smallest absolute Gasteiger partial charge is 0.505 e. The highest BCUT2D eigenvalue weighted by Gasteiger charge is 2.34. The van der Waals surface area contributed by atoms with E-state index in [1.807, 2.05) is 0 Å². The fourth-order valence-corrected chi connectivity index (χ4v) is 3.31. The Morgan fingerprint density at radius 1 is 1.12 bits per heavy atom. The number of hydrogen-bond acceptors (Lipinski definition) is 4. The van der Waals surface area contributed by atoms with E-state index in [4.69, 9.17) is 0 Å². The number of para-hydroxylation sites is 1. The molecule has 24 heavy (non-hydrogen) atoms. The van der Waals surface area contributed by atoms with Crippen LogP contribution in [0.15, 0.2) is 41.3 Å². The highest BCUT2D eigenvalue weighted by Crippen LogP contribution is 2.34. The molecule has 130 valence electrons. The van der Waals surface area contributed by atoms with Crippen LogP contribution in [0.3, 0.4) is 0 Å². The summed E-state index contributed by atoms with van der Waals surface area (Å²) in [4.78, 5) is -0.694. The minimum Gasteiger partial charge on any atom is -0.505 e. The van der Waals surface area contributed by atoms with Gasteiger partial charge in [-0.3, -0.25) is 4.72 Å². The average molecular weight is 361 g/mol. The maximum atomic E-state index is 12.4. The van der Waals surface area contributed by atoms with Crippen LogP contribution in [0.4, 0.5) is 18.9 Å². The van der Waals surface area contributed by atoms with Crippen LogP contribution >= 0.6 is 0 Å². The molecule has 0 aliphatic heterocycles. The predicted molar refractivity (Wildman–Crippen MR) is 81.5 cm³/mol. The Labute approximate surface area is 136 Å². The normalized spacial score (nSPS) is 12.0. The number of phenols is 1. The second-order valence-corrected chi connectivity index (χ2v) is 6.73. The summed E-state index contributed by atoms with van der Waals surface area (Å²) in [6.07, 6.45) is -5.03. The molecule has 0 spiro atoms. The molecule has 0 atom stereocenters. The molecule has 5 nitrogen and oxygen atoms in total. The van der Waals surface area contributed by atoms with Gasteiger partial charge in [0.25, 0.3) is 10.0 Å². The first-order valence-electron chi connectivity index (χ1n) is 6.67. The SMILES string of the molecule is Cc1cc(C)c(O)c(NS(=O)(=O)c2ccccc2OC(F)(F)F)c1. The molecule has 0 saturated heterocycles. The third-order valence-electron chi connectivity index (χ3n) is 3.05. The van der Waals surface area contributed by atoms with Crippen molar-refractivity contribution in [2.75, 3.05) is 4.72 Å². The van der Waals surface area contributed by atoms with E-state index in [9.17, 15) is 26.7 Å². The zero-order valence-corrected chi connectivity index (χ0v) is 13.5. The van der Waals surface area contributed by atoms with Gasteiger partial charge in [-0.2, -0.15) is 0 Å². The van der Waals surface area contributed by atoms with Crippen molar-refractivity contribution in [3.05, 3.63) is 47.5 Å². The summed E-state index contributed by atoms with van der Waals surface area (Å²) in [5.74, 6) is -1.17. The summed E-state index contributed by atoms with van der Waals surface area (Å²) in [5, 5.41) is 9.95. The maximum absolute atomic E-state index is 12.4. The van der Waals surface area contributed by atoms with E-state index in [2.05, 4.69) is 9.46 Å². The van der Waals surface area contributed by atoms with Crippen molar-refractivity contribution >= 4 is 15.7 Å². The van der Waals surface area contributed by atoms with Crippen LogP contribution in [0.25, 0.3) is 0 Å². The zero-order valence-electron chi connectivity index (χ0n) is 12.7. The number of anilines is 1. The standard InChI is InChI=1S/C15H14F3NO4S/c1-9-7-10(2)14(20)11(8-9)19-24(21,22)13-6-4-3-5-12(13)23-15(16,17)18/h3-8,19-20H,1-2H3. The van der Waals surface area contributed by atoms with Crippen molar-refractivity contribution < 1.29 is 31.4 Å². The molecule has 0 saturated carbocycles. The second-order valence-electron chi connectivity index (χ2n) is 5.08. The third kappa shape index (κ3) is 4.10. The number of benzene rings is 2. The van der Waals surface area contributed by atoms with Crippen LogP contribution in [0.5, 0.6) is 11.5 Å². The van der Waals surface area contributed by atoms with Gasteiger partial charge in [0.2, 0.25) is 0 Å². The lowest BCUT2D eigenvalue weighted by Gasteiger charge is -2.15. The molecule has 0 radical (unpaired) electrons. The van der Waals surface area contributed by atoms with E-state index in [1.165, 1.54) is 18.2 Å². The molecule has 0 aliphatic rings. The fraction of sp³-hybridized carbons (Fsp3) is 0.200. The highest BCUT2D eigenvalue weighted by atomic mass is 32.2. The number of aryl methyl sites for hydroxylation is 2. The number of nitrogens with one attached hydrogen (secondary N) is 1. The molecule has 2 aromatic rings. The number of ether oxygens (including phenoxy) is 1. The lowest BCUT2D eigenvalue weighted by atomic mass is 10.1. The number of phenolic OH excluding ortho intramolecular Hbond substituents is 1. The summed E-state index contributed by atoms with van der Waals surface area (Å²) in [6, 6.07) is 7.35. The van der Waals surface area contributed by atoms with E-state index in [1.54, 1.807) is 19.9 Å². The molecule has 0 unspecified atom stereocenters. The number of aromatic hydroxyl groups is 1. The van der Waals surface area contributed by atoms with E-state index >= 15 is 0 Å². The summed E-state index contributed by atoms with van der Waals surface area (Å²) < 4.78 is 68.0. The van der Waals surface area contributed by atoms with Crippen LogP contribution in [-0.4, -0.2) is 19.9 Å². The quantitative estimate of drug-likeness (QED) is 0.814. The Morgan fingerprint density at radius 2 is 1.75 bits per heavy atom. The molecule has 2 aromatic carbocycles. The van der Waals surface area contributed by atoms with Gasteiger partial charge < -0.3 is 9.84 Å². The van der Waals surface area contributed by atoms with Crippen LogP contribution < -0.4 is 9.46 Å². The molecule has 0 aliphatic carbocycles. The Kier molecular flexibility index (Phi) is 4.66. The molecule has 0 bridgehead atoms. The predicted octanol–water partition coefficient (Wildman–Crippen LogP) is 3.71. The Balaban J connectivity index is 2.46. The number of rotatable bonds is 4. The van der Waals surface area contributed by atoms with E-state index in [-0.39, 0.29) is 11.4 Å². The molecule has 2 rings (SSSR count). The van der Waals surface area contributed by atoms with Crippen LogP contribution in [0.1, 0.15) is 11.1 Å². The molecular weight excluding hydrogens is 347 g/mol. The zero-order chi connectivity index (χ0) is 18.1. The van der Waals surface area contributed by atoms with Gasteiger partial charge in [0.05, 0.1) is 5.69 Å². The number of alkyl halides is 3. The molecule has 0 fully saturated rings. The van der Waals surface area contributed by atoms with Gasteiger partial charge in [0.1, 0.15) is 16.4 Å². The topological polar surface area (TPSA) is 75.6 Å². The minimum absolute atomic E-state index is 0.130. The van der Waals surface area contributed by atoms with Gasteiger partial charge >= 0.3 is 6.36 Å². The van der Waals surface area contributed by atoms with Gasteiger partial charge in [-0.1, -0.05) is 18.2 Å². The Bertz CT molecular complexity index is 864. The number of sulfonamides is 1. The second kappa shape index (κ2) is 6.23. The van der Waals surface area contributed by atoms with Gasteiger partial charge in [-0.05, 0) is 43.2 Å². The monoisotopic (exact) mass is 361 g/mol. The summed E-state index contributed by atoms with van der Waals surface area (Å²) in [6.45, 7) is 3.26. The molecule has 9 heteroatoms. The number of hydrogen-bond donors (Lipinski definition) is 2. The van der Waals surface area contributed by atoms with Gasteiger partial charge in [-0.15, -0.1) is 13.2 Å². The van der Waals surface area contributed by atoms with Crippen LogP contribution in [0.2, 0.25) is 0 Å². The first kappa shape index (κ1) is 17.9. The largest absolute Gasteiger partial charge is 0.573 e. The van der Waals surface area contributed by atoms with E-state index < -0.39 is 27.0 Å². The Hall–Kier alpha value is -2.42. The molecular formula is C15H14F3NO4S. The van der Waals surface area contributed by atoms with Gasteiger partial charge in [-0.25, -0.2) is 8.42 Å². The minimum atomic E-state index is -5.03. The molecule has 0 amide bonds. The lowest BCUT2D eigenvalue weighted by molar-refractivity contribution is -0.275. The van der Waals surface area contributed by atoms with Crippen LogP contribution in [-0.2, 0) is 10.0 Å². The van der Waals surface area contributed by atoms with E-state index in [0.29, 0.717) is 11.1 Å². The highest BCUT2D eigenvalue weighted by molar-refractivity contribution is 7.92. The molecule has 0 aromatic heterocycles. The fourth-order valence-electron chi connectivity index (χ4n) is 2.12. The van der Waals surface area contributed by atoms with Gasteiger partial charge in [0, 0.05) is 0 Å². The molecule has 2 N–H and O–H groups in total. The van der Waals surface area contributed by atoms with Gasteiger partial charge in [0.15, 0.2) is 0 Å². The van der Waals surface area contributed by atoms with Crippen molar-refractivity contribution in [1.29, 1.82) is 0 Å². The van der Waals surface area contributed by atoms with Crippen molar-refractivity contribution in [2.24, 2.45) is 0 Å². The third-order valence-corrected chi connectivity index (χ3v) is 4.46. The van der Waals surface area contributed by atoms with Crippen molar-refractivity contribution in [3.8, 4) is 11.5 Å². The first-order valence-corrected chi connectivity index (χ1v) is 8.16. The van der Waals surface area contributed by atoms with E-state index in [0.717, 1.165) is 12.1 Å².